The largest absolute Gasteiger partial charge is 0.456 e. The summed E-state index contributed by atoms with van der Waals surface area (Å²) < 4.78 is 6.39. The van der Waals surface area contributed by atoms with E-state index in [1.54, 1.807) is 30.9 Å². The second-order valence-corrected chi connectivity index (χ2v) is 7.56. The van der Waals surface area contributed by atoms with Crippen molar-refractivity contribution in [1.29, 1.82) is 0 Å². The Labute approximate surface area is 156 Å². The van der Waals surface area contributed by atoms with E-state index in [-0.39, 0.29) is 5.91 Å². The molecule has 6 nitrogen and oxygen atoms in total. The Bertz CT molecular complexity index is 1030. The highest BCUT2D eigenvalue weighted by atomic mass is 32.2. The van der Waals surface area contributed by atoms with Crippen LogP contribution >= 0.6 is 35.7 Å². The van der Waals surface area contributed by atoms with Gasteiger partial charge in [-0.3, -0.25) is 9.78 Å². The van der Waals surface area contributed by atoms with Crippen LogP contribution in [0.3, 0.4) is 0 Å². The van der Waals surface area contributed by atoms with Gasteiger partial charge in [-0.15, -0.1) is 0 Å². The summed E-state index contributed by atoms with van der Waals surface area (Å²) in [5, 5.41) is 4.12. The minimum absolute atomic E-state index is 0.213. The van der Waals surface area contributed by atoms with Gasteiger partial charge in [-0.25, -0.2) is 9.97 Å². The lowest BCUT2D eigenvalue weighted by atomic mass is 10.1. The lowest BCUT2D eigenvalue weighted by molar-refractivity contribution is -0.115. The van der Waals surface area contributed by atoms with E-state index in [1.165, 1.54) is 23.5 Å². The highest BCUT2D eigenvalue weighted by Crippen LogP contribution is 2.32. The maximum Gasteiger partial charge on any atom is 0.263 e. The smallest absolute Gasteiger partial charge is 0.263 e. The molecule has 9 heteroatoms. The fourth-order valence-electron chi connectivity index (χ4n) is 2.37. The molecule has 124 valence electrons. The molecule has 0 saturated carbocycles. The predicted molar refractivity (Wildman–Crippen MR) is 103 cm³/mol. The Morgan fingerprint density at radius 2 is 2.08 bits per heavy atom. The van der Waals surface area contributed by atoms with Gasteiger partial charge in [0.15, 0.2) is 5.16 Å². The zero-order valence-electron chi connectivity index (χ0n) is 12.8. The first-order valence-electron chi connectivity index (χ1n) is 7.13. The Morgan fingerprint density at radius 1 is 1.28 bits per heavy atom. The topological polar surface area (TPSA) is 80.9 Å². The van der Waals surface area contributed by atoms with E-state index in [0.29, 0.717) is 25.7 Å². The fraction of sp³-hybridized carbons (Fsp3) is 0.0625. The van der Waals surface area contributed by atoms with Gasteiger partial charge >= 0.3 is 0 Å². The van der Waals surface area contributed by atoms with E-state index in [1.807, 2.05) is 12.3 Å². The summed E-state index contributed by atoms with van der Waals surface area (Å²) in [7, 11) is 0. The van der Waals surface area contributed by atoms with Crippen LogP contribution < -0.4 is 5.32 Å². The van der Waals surface area contributed by atoms with Crippen LogP contribution in [-0.2, 0) is 4.79 Å². The van der Waals surface area contributed by atoms with Crippen LogP contribution in [0.5, 0.6) is 0 Å². The normalized spacial score (nSPS) is 16.0. The minimum atomic E-state index is -0.213. The number of rotatable bonds is 3. The number of aromatic nitrogens is 3. The van der Waals surface area contributed by atoms with Crippen molar-refractivity contribution in [3.63, 3.8) is 0 Å². The molecule has 1 saturated heterocycles. The number of carbonyl (C=O) groups is 1. The van der Waals surface area contributed by atoms with Crippen molar-refractivity contribution >= 4 is 63.0 Å². The van der Waals surface area contributed by atoms with Crippen LogP contribution in [0.4, 0.5) is 0 Å². The van der Waals surface area contributed by atoms with Crippen LogP contribution in [-0.4, -0.2) is 31.4 Å². The van der Waals surface area contributed by atoms with E-state index in [0.717, 1.165) is 16.5 Å². The molecule has 1 fully saturated rings. The molecule has 3 aromatic rings. The first-order chi connectivity index (χ1) is 12.1. The summed E-state index contributed by atoms with van der Waals surface area (Å²) in [6.07, 6.45) is 10.5. The van der Waals surface area contributed by atoms with E-state index in [4.69, 9.17) is 16.6 Å². The first kappa shape index (κ1) is 16.2. The number of carbonyl (C=O) groups excluding carboxylic acids is 1. The quantitative estimate of drug-likeness (QED) is 0.317. The second-order valence-electron chi connectivity index (χ2n) is 5.06. The molecule has 0 atom stereocenters. The van der Waals surface area contributed by atoms with Gasteiger partial charge in [-0.1, -0.05) is 35.7 Å². The second kappa shape index (κ2) is 6.58. The van der Waals surface area contributed by atoms with Crippen molar-refractivity contribution in [2.24, 2.45) is 0 Å². The molecule has 1 amide bonds. The zero-order chi connectivity index (χ0) is 17.4. The molecule has 3 aromatic heterocycles. The number of nitrogens with zero attached hydrogens (tertiary/aromatic N) is 3. The van der Waals surface area contributed by atoms with E-state index in [9.17, 15) is 4.79 Å². The molecular formula is C16H10N4O2S3. The molecule has 1 aliphatic rings. The van der Waals surface area contributed by atoms with Crippen molar-refractivity contribution in [2.75, 3.05) is 6.26 Å². The zero-order valence-corrected chi connectivity index (χ0v) is 15.3. The maximum absolute atomic E-state index is 11.8. The van der Waals surface area contributed by atoms with Crippen molar-refractivity contribution in [2.45, 2.75) is 5.16 Å². The average molecular weight is 386 g/mol. The SMILES string of the molecule is CSc1ncc(-c2cncc3cc(/C=C4/SC(=S)NC4=O)oc23)cn1. The van der Waals surface area contributed by atoms with Crippen molar-refractivity contribution in [3.05, 3.63) is 41.5 Å². The third-order valence-electron chi connectivity index (χ3n) is 3.48. The lowest BCUT2D eigenvalue weighted by Gasteiger charge is -2.01. The third kappa shape index (κ3) is 3.17. The lowest BCUT2D eigenvalue weighted by Crippen LogP contribution is -2.17. The number of nitrogens with one attached hydrogen (secondary N) is 1. The molecule has 4 rings (SSSR count). The van der Waals surface area contributed by atoms with Crippen LogP contribution in [0.2, 0.25) is 0 Å². The number of thiocarbonyl (C=S) groups is 1. The first-order valence-corrected chi connectivity index (χ1v) is 9.58. The molecule has 1 aliphatic heterocycles. The summed E-state index contributed by atoms with van der Waals surface area (Å²) in [6, 6.07) is 1.84. The van der Waals surface area contributed by atoms with Crippen molar-refractivity contribution < 1.29 is 9.21 Å². The van der Waals surface area contributed by atoms with Gasteiger partial charge in [0, 0.05) is 47.4 Å². The number of pyridine rings is 1. The Hall–Kier alpha value is -2.23. The molecule has 0 unspecified atom stereocenters. The Balaban J connectivity index is 1.77. The summed E-state index contributed by atoms with van der Waals surface area (Å²) in [5.41, 5.74) is 2.29. The van der Waals surface area contributed by atoms with Gasteiger partial charge in [0.2, 0.25) is 0 Å². The monoisotopic (exact) mass is 386 g/mol. The molecule has 4 heterocycles. The summed E-state index contributed by atoms with van der Waals surface area (Å²) in [4.78, 5) is 25.1. The number of hydrogen-bond acceptors (Lipinski definition) is 8. The average Bonchev–Trinajstić information content (AvgIpc) is 3.17. The number of hydrogen-bond donors (Lipinski definition) is 1. The Kier molecular flexibility index (Phi) is 4.28. The molecule has 0 spiro atoms. The van der Waals surface area contributed by atoms with E-state index in [2.05, 4.69) is 20.3 Å². The van der Waals surface area contributed by atoms with E-state index < -0.39 is 0 Å². The minimum Gasteiger partial charge on any atom is -0.456 e. The van der Waals surface area contributed by atoms with Crippen LogP contribution in [0, 0.1) is 0 Å². The molecule has 0 radical (unpaired) electrons. The maximum atomic E-state index is 11.8. The van der Waals surface area contributed by atoms with Gasteiger partial charge in [-0.05, 0) is 12.3 Å². The molecular weight excluding hydrogens is 376 g/mol. The number of fused-ring (bicyclic) bond motifs is 1. The van der Waals surface area contributed by atoms with Crippen molar-refractivity contribution in [3.8, 4) is 11.1 Å². The van der Waals surface area contributed by atoms with Crippen LogP contribution in [0.15, 0.2) is 45.3 Å². The van der Waals surface area contributed by atoms with E-state index >= 15 is 0 Å². The molecule has 0 aromatic carbocycles. The van der Waals surface area contributed by atoms with Gasteiger partial charge < -0.3 is 9.73 Å². The molecule has 25 heavy (non-hydrogen) atoms. The van der Waals surface area contributed by atoms with Gasteiger partial charge in [0.25, 0.3) is 5.91 Å². The summed E-state index contributed by atoms with van der Waals surface area (Å²) in [6.45, 7) is 0. The predicted octanol–water partition coefficient (Wildman–Crippen LogP) is 3.50. The molecule has 0 aliphatic carbocycles. The molecule has 0 bridgehead atoms. The standard InChI is InChI=1S/C16H10N4O2S3/c1-24-15-18-5-9(6-19-15)11-7-17-4-8-2-10(22-13(8)11)3-12-14(21)20-16(23)25-12/h2-7H,1H3,(H,20,21,23)/b12-3+. The van der Waals surface area contributed by atoms with Crippen LogP contribution in [0.1, 0.15) is 5.76 Å². The molecule has 1 N–H and O–H groups in total. The third-order valence-corrected chi connectivity index (χ3v) is 5.22. The van der Waals surface area contributed by atoms with Crippen molar-refractivity contribution in [1.82, 2.24) is 20.3 Å². The number of amides is 1. The Morgan fingerprint density at radius 3 is 2.76 bits per heavy atom. The fourth-order valence-corrected chi connectivity index (χ4v) is 3.71. The highest BCUT2D eigenvalue weighted by Gasteiger charge is 2.23. The van der Waals surface area contributed by atoms with Gasteiger partial charge in [0.05, 0.1) is 4.91 Å². The number of furan rings is 1. The van der Waals surface area contributed by atoms with Crippen LogP contribution in [0.25, 0.3) is 28.2 Å². The summed E-state index contributed by atoms with van der Waals surface area (Å²) in [5.74, 6) is 0.350. The number of thioether (sulfide) groups is 2. The highest BCUT2D eigenvalue weighted by molar-refractivity contribution is 8.26. The summed E-state index contributed by atoms with van der Waals surface area (Å²) >= 11 is 7.69. The van der Waals surface area contributed by atoms with Gasteiger partial charge in [-0.2, -0.15) is 0 Å². The van der Waals surface area contributed by atoms with Gasteiger partial charge in [0.1, 0.15) is 15.7 Å².